The number of nitrogens with zero attached hydrogens (tertiary/aromatic N) is 6. The van der Waals surface area contributed by atoms with Crippen molar-refractivity contribution in [2.24, 2.45) is 0 Å². The highest BCUT2D eigenvalue weighted by Crippen LogP contribution is 2.31. The lowest BCUT2D eigenvalue weighted by molar-refractivity contribution is -0.137. The summed E-state index contributed by atoms with van der Waals surface area (Å²) in [5.41, 5.74) is 1.71. The van der Waals surface area contributed by atoms with E-state index in [-0.39, 0.29) is 5.91 Å². The van der Waals surface area contributed by atoms with Crippen molar-refractivity contribution in [1.29, 1.82) is 0 Å². The minimum Gasteiger partial charge on any atom is -0.369 e. The largest absolute Gasteiger partial charge is 0.416 e. The predicted octanol–water partition coefficient (Wildman–Crippen LogP) is 2.55. The minimum absolute atomic E-state index is 0.0375. The standard InChI is InChI=1S/C23H26F3N7O/c24-23(25,26)19-3-1-4-21(16-19)32-13-11-31(12-14-32)10-2-9-27-22(34)15-18-5-7-20(8-6-18)33-17-28-29-30-33/h1,3-8,16-17H,2,9-15H2,(H,27,34). The molecule has 8 nitrogen and oxygen atoms in total. The Morgan fingerprint density at radius 1 is 1.00 bits per heavy atom. The average Bonchev–Trinajstić information content (AvgIpc) is 3.37. The molecule has 1 amide bonds. The summed E-state index contributed by atoms with van der Waals surface area (Å²) in [6.45, 7) is 4.31. The second-order valence-corrected chi connectivity index (χ2v) is 8.18. The number of carbonyl (C=O) groups excluding carboxylic acids is 1. The summed E-state index contributed by atoms with van der Waals surface area (Å²) in [6, 6.07) is 13.0. The van der Waals surface area contributed by atoms with E-state index in [0.717, 1.165) is 43.4 Å². The zero-order valence-corrected chi connectivity index (χ0v) is 18.6. The maximum absolute atomic E-state index is 13.0. The monoisotopic (exact) mass is 473 g/mol. The zero-order chi connectivity index (χ0) is 24.0. The van der Waals surface area contributed by atoms with Gasteiger partial charge < -0.3 is 10.2 Å². The van der Waals surface area contributed by atoms with Gasteiger partial charge in [-0.05, 0) is 59.3 Å². The number of alkyl halides is 3. The Hall–Kier alpha value is -3.47. The molecule has 34 heavy (non-hydrogen) atoms. The molecule has 0 atom stereocenters. The number of anilines is 1. The highest BCUT2D eigenvalue weighted by atomic mass is 19.4. The molecule has 1 aliphatic heterocycles. The SMILES string of the molecule is O=C(Cc1ccc(-n2cnnn2)cc1)NCCCN1CCN(c2cccc(C(F)(F)F)c2)CC1. The van der Waals surface area contributed by atoms with Gasteiger partial charge in [-0.3, -0.25) is 9.69 Å². The van der Waals surface area contributed by atoms with Gasteiger partial charge in [-0.25, -0.2) is 4.68 Å². The van der Waals surface area contributed by atoms with E-state index < -0.39 is 11.7 Å². The first-order valence-corrected chi connectivity index (χ1v) is 11.1. The number of aromatic nitrogens is 4. The van der Waals surface area contributed by atoms with Crippen LogP contribution in [-0.2, 0) is 17.4 Å². The summed E-state index contributed by atoms with van der Waals surface area (Å²) in [5.74, 6) is -0.0375. The van der Waals surface area contributed by atoms with E-state index >= 15 is 0 Å². The van der Waals surface area contributed by atoms with E-state index in [9.17, 15) is 18.0 Å². The summed E-state index contributed by atoms with van der Waals surface area (Å²) >= 11 is 0. The fourth-order valence-electron chi connectivity index (χ4n) is 3.93. The zero-order valence-electron chi connectivity index (χ0n) is 18.6. The molecule has 0 radical (unpaired) electrons. The van der Waals surface area contributed by atoms with E-state index in [2.05, 4.69) is 25.7 Å². The molecule has 0 aliphatic carbocycles. The van der Waals surface area contributed by atoms with Crippen molar-refractivity contribution in [2.75, 3.05) is 44.2 Å². The number of piperazine rings is 1. The molecule has 2 heterocycles. The van der Waals surface area contributed by atoms with Crippen molar-refractivity contribution in [1.82, 2.24) is 30.4 Å². The molecule has 0 unspecified atom stereocenters. The van der Waals surface area contributed by atoms with Crippen LogP contribution in [0, 0.1) is 0 Å². The topological polar surface area (TPSA) is 79.2 Å². The van der Waals surface area contributed by atoms with Gasteiger partial charge in [0, 0.05) is 38.4 Å². The van der Waals surface area contributed by atoms with Gasteiger partial charge in [0.25, 0.3) is 0 Å². The molecule has 1 fully saturated rings. The van der Waals surface area contributed by atoms with Crippen molar-refractivity contribution in [2.45, 2.75) is 19.0 Å². The van der Waals surface area contributed by atoms with Crippen LogP contribution in [0.1, 0.15) is 17.5 Å². The predicted molar refractivity (Wildman–Crippen MR) is 121 cm³/mol. The van der Waals surface area contributed by atoms with Gasteiger partial charge >= 0.3 is 6.18 Å². The fraction of sp³-hybridized carbons (Fsp3) is 0.391. The van der Waals surface area contributed by atoms with E-state index in [4.69, 9.17) is 0 Å². The molecule has 1 aromatic heterocycles. The number of halogens is 3. The number of carbonyl (C=O) groups is 1. The smallest absolute Gasteiger partial charge is 0.369 e. The molecule has 1 saturated heterocycles. The van der Waals surface area contributed by atoms with Gasteiger partial charge in [0.05, 0.1) is 17.7 Å². The van der Waals surface area contributed by atoms with Gasteiger partial charge in [0.2, 0.25) is 5.91 Å². The van der Waals surface area contributed by atoms with Crippen molar-refractivity contribution in [3.8, 4) is 5.69 Å². The van der Waals surface area contributed by atoms with E-state index in [1.54, 1.807) is 10.7 Å². The normalized spacial score (nSPS) is 14.9. The molecule has 4 rings (SSSR count). The van der Waals surface area contributed by atoms with Crippen LogP contribution in [0.2, 0.25) is 0 Å². The second kappa shape index (κ2) is 10.6. The summed E-state index contributed by atoms with van der Waals surface area (Å²) in [7, 11) is 0. The van der Waals surface area contributed by atoms with E-state index in [1.165, 1.54) is 18.5 Å². The van der Waals surface area contributed by atoms with E-state index in [1.807, 2.05) is 29.2 Å². The highest BCUT2D eigenvalue weighted by Gasteiger charge is 2.31. The van der Waals surface area contributed by atoms with Gasteiger partial charge in [-0.15, -0.1) is 5.10 Å². The lowest BCUT2D eigenvalue weighted by Crippen LogP contribution is -2.47. The first-order chi connectivity index (χ1) is 16.4. The number of amides is 1. The number of nitrogens with one attached hydrogen (secondary N) is 1. The number of tetrazole rings is 1. The molecular formula is C23H26F3N7O. The Morgan fingerprint density at radius 2 is 1.76 bits per heavy atom. The third-order valence-electron chi connectivity index (χ3n) is 5.80. The molecule has 11 heteroatoms. The Kier molecular flexibility index (Phi) is 7.41. The summed E-state index contributed by atoms with van der Waals surface area (Å²) in [4.78, 5) is 16.5. The quantitative estimate of drug-likeness (QED) is 0.507. The van der Waals surface area contributed by atoms with Crippen LogP contribution in [-0.4, -0.2) is 70.3 Å². The average molecular weight is 474 g/mol. The third kappa shape index (κ3) is 6.31. The number of hydrogen-bond acceptors (Lipinski definition) is 6. The van der Waals surface area contributed by atoms with Crippen molar-refractivity contribution < 1.29 is 18.0 Å². The Bertz CT molecular complexity index is 1060. The van der Waals surface area contributed by atoms with Crippen molar-refractivity contribution in [3.05, 3.63) is 66.0 Å². The molecular weight excluding hydrogens is 447 g/mol. The van der Waals surface area contributed by atoms with Crippen LogP contribution in [0.5, 0.6) is 0 Å². The number of benzene rings is 2. The van der Waals surface area contributed by atoms with Gasteiger partial charge in [0.15, 0.2) is 0 Å². The van der Waals surface area contributed by atoms with Crippen LogP contribution < -0.4 is 10.2 Å². The number of hydrogen-bond donors (Lipinski definition) is 1. The molecule has 0 bridgehead atoms. The van der Waals surface area contributed by atoms with Crippen LogP contribution in [0.25, 0.3) is 5.69 Å². The number of rotatable bonds is 8. The van der Waals surface area contributed by atoms with Gasteiger partial charge in [-0.1, -0.05) is 18.2 Å². The molecule has 2 aromatic carbocycles. The molecule has 0 spiro atoms. The first-order valence-electron chi connectivity index (χ1n) is 11.1. The minimum atomic E-state index is -4.33. The van der Waals surface area contributed by atoms with Crippen LogP contribution in [0.15, 0.2) is 54.9 Å². The molecule has 0 saturated carbocycles. The molecule has 3 aromatic rings. The maximum Gasteiger partial charge on any atom is 0.416 e. The van der Waals surface area contributed by atoms with Gasteiger partial charge in [0.1, 0.15) is 6.33 Å². The molecule has 1 aliphatic rings. The van der Waals surface area contributed by atoms with Crippen molar-refractivity contribution >= 4 is 11.6 Å². The molecule has 1 N–H and O–H groups in total. The van der Waals surface area contributed by atoms with Gasteiger partial charge in [-0.2, -0.15) is 13.2 Å². The highest BCUT2D eigenvalue weighted by molar-refractivity contribution is 5.78. The summed E-state index contributed by atoms with van der Waals surface area (Å²) < 4.78 is 40.4. The Labute approximate surface area is 195 Å². The van der Waals surface area contributed by atoms with Crippen molar-refractivity contribution in [3.63, 3.8) is 0 Å². The lowest BCUT2D eigenvalue weighted by atomic mass is 10.1. The van der Waals surface area contributed by atoms with Crippen LogP contribution in [0.4, 0.5) is 18.9 Å². The van der Waals surface area contributed by atoms with Crippen LogP contribution in [0.3, 0.4) is 0 Å². The summed E-state index contributed by atoms with van der Waals surface area (Å²) in [5, 5.41) is 14.0. The van der Waals surface area contributed by atoms with Crippen LogP contribution >= 0.6 is 0 Å². The third-order valence-corrected chi connectivity index (χ3v) is 5.80. The van der Waals surface area contributed by atoms with E-state index in [0.29, 0.717) is 31.7 Å². The fourth-order valence-corrected chi connectivity index (χ4v) is 3.93. The molecule has 180 valence electrons. The second-order valence-electron chi connectivity index (χ2n) is 8.18. The lowest BCUT2D eigenvalue weighted by Gasteiger charge is -2.36. The summed E-state index contributed by atoms with van der Waals surface area (Å²) in [6.07, 6.45) is -1.71. The maximum atomic E-state index is 13.0. The first kappa shape index (κ1) is 23.7. The Morgan fingerprint density at radius 3 is 2.44 bits per heavy atom. The Balaban J connectivity index is 1.14.